The third-order valence-electron chi connectivity index (χ3n) is 4.80. The number of ether oxygens (including phenoxy) is 1. The van der Waals surface area contributed by atoms with Crippen molar-refractivity contribution in [1.29, 1.82) is 0 Å². The van der Waals surface area contributed by atoms with E-state index in [2.05, 4.69) is 15.4 Å². The Bertz CT molecular complexity index is 1490. The predicted molar refractivity (Wildman–Crippen MR) is 120 cm³/mol. The lowest BCUT2D eigenvalue weighted by Gasteiger charge is -2.10. The molecule has 0 saturated carbocycles. The van der Waals surface area contributed by atoms with Crippen LogP contribution in [0.1, 0.15) is 27.4 Å². The van der Waals surface area contributed by atoms with Gasteiger partial charge in [-0.05, 0) is 43.7 Å². The van der Waals surface area contributed by atoms with E-state index in [1.54, 1.807) is 25.1 Å². The number of nitrogens with zero attached hydrogens (tertiary/aromatic N) is 4. The molecule has 0 saturated heterocycles. The standard InChI is InChI=1S/C22H15ClF3N5O4/c1-11-5-15(3-4-17(11)23)35-16-8-13(7-14(9-16)31(33)34)28-21(32)18-10-20-27-12(2)6-19(22(24,25)26)30(20)29-18/h3-10H,1-2H3,(H,28,32). The van der Waals surface area contributed by atoms with Gasteiger partial charge in [-0.25, -0.2) is 9.50 Å². The number of rotatable bonds is 5. The minimum absolute atomic E-state index is 0.0258. The summed E-state index contributed by atoms with van der Waals surface area (Å²) in [6, 6.07) is 10.3. The number of amides is 1. The van der Waals surface area contributed by atoms with E-state index < -0.39 is 22.7 Å². The number of halogens is 4. The van der Waals surface area contributed by atoms with Gasteiger partial charge in [-0.15, -0.1) is 0 Å². The van der Waals surface area contributed by atoms with Crippen molar-refractivity contribution < 1.29 is 27.6 Å². The number of hydrogen-bond donors (Lipinski definition) is 1. The maximum absolute atomic E-state index is 13.4. The molecule has 1 N–H and O–H groups in total. The van der Waals surface area contributed by atoms with E-state index in [0.717, 1.165) is 29.8 Å². The number of benzene rings is 2. The van der Waals surface area contributed by atoms with Gasteiger partial charge in [-0.1, -0.05) is 11.6 Å². The lowest BCUT2D eigenvalue weighted by Crippen LogP contribution is -2.16. The van der Waals surface area contributed by atoms with Gasteiger partial charge in [0.2, 0.25) is 0 Å². The van der Waals surface area contributed by atoms with Gasteiger partial charge in [0, 0.05) is 28.9 Å². The molecule has 2 aromatic carbocycles. The average molecular weight is 506 g/mol. The summed E-state index contributed by atoms with van der Waals surface area (Å²) < 4.78 is 46.3. The third kappa shape index (κ3) is 5.17. The number of nitro benzene ring substituents is 1. The molecule has 35 heavy (non-hydrogen) atoms. The van der Waals surface area contributed by atoms with Crippen LogP contribution < -0.4 is 10.1 Å². The first-order valence-electron chi connectivity index (χ1n) is 9.90. The van der Waals surface area contributed by atoms with Crippen LogP contribution in [-0.2, 0) is 6.18 Å². The second-order valence-corrected chi connectivity index (χ2v) is 7.93. The van der Waals surface area contributed by atoms with Crippen LogP contribution in [0.25, 0.3) is 5.65 Å². The van der Waals surface area contributed by atoms with E-state index in [1.165, 1.54) is 13.0 Å². The molecule has 4 rings (SSSR count). The summed E-state index contributed by atoms with van der Waals surface area (Å²) in [5, 5.41) is 18.0. The van der Waals surface area contributed by atoms with Gasteiger partial charge in [-0.3, -0.25) is 14.9 Å². The maximum Gasteiger partial charge on any atom is 0.433 e. The van der Waals surface area contributed by atoms with Crippen molar-refractivity contribution in [3.8, 4) is 11.5 Å². The Balaban J connectivity index is 1.66. The van der Waals surface area contributed by atoms with Crippen molar-refractivity contribution in [3.63, 3.8) is 0 Å². The van der Waals surface area contributed by atoms with Crippen LogP contribution in [0.4, 0.5) is 24.5 Å². The molecule has 0 radical (unpaired) electrons. The molecule has 0 spiro atoms. The smallest absolute Gasteiger partial charge is 0.433 e. The molecular weight excluding hydrogens is 491 g/mol. The van der Waals surface area contributed by atoms with Gasteiger partial charge >= 0.3 is 6.18 Å². The van der Waals surface area contributed by atoms with Crippen molar-refractivity contribution in [2.45, 2.75) is 20.0 Å². The van der Waals surface area contributed by atoms with Crippen LogP contribution in [0.5, 0.6) is 11.5 Å². The van der Waals surface area contributed by atoms with Crippen LogP contribution in [0.15, 0.2) is 48.5 Å². The molecule has 2 heterocycles. The Kier molecular flexibility index (Phi) is 6.07. The number of anilines is 1. The molecule has 1 amide bonds. The fourth-order valence-corrected chi connectivity index (χ4v) is 3.36. The number of fused-ring (bicyclic) bond motifs is 1. The number of hydrogen-bond acceptors (Lipinski definition) is 6. The van der Waals surface area contributed by atoms with Crippen molar-refractivity contribution in [3.05, 3.63) is 86.3 Å². The molecule has 0 unspecified atom stereocenters. The highest BCUT2D eigenvalue weighted by Gasteiger charge is 2.35. The summed E-state index contributed by atoms with van der Waals surface area (Å²) in [6.07, 6.45) is -4.72. The highest BCUT2D eigenvalue weighted by molar-refractivity contribution is 6.31. The molecular formula is C22H15ClF3N5O4. The zero-order chi connectivity index (χ0) is 25.5. The minimum atomic E-state index is -4.72. The van der Waals surface area contributed by atoms with E-state index in [0.29, 0.717) is 15.3 Å². The number of non-ortho nitro benzene ring substituents is 1. The zero-order valence-electron chi connectivity index (χ0n) is 18.1. The maximum atomic E-state index is 13.4. The Hall–Kier alpha value is -4.19. The van der Waals surface area contributed by atoms with Gasteiger partial charge < -0.3 is 10.1 Å². The second-order valence-electron chi connectivity index (χ2n) is 7.52. The quantitative estimate of drug-likeness (QED) is 0.264. The average Bonchev–Trinajstić information content (AvgIpc) is 3.19. The number of aryl methyl sites for hydroxylation is 2. The number of nitrogens with one attached hydrogen (secondary N) is 1. The largest absolute Gasteiger partial charge is 0.457 e. The van der Waals surface area contributed by atoms with Crippen molar-refractivity contribution >= 4 is 34.5 Å². The normalized spacial score (nSPS) is 11.5. The Morgan fingerprint density at radius 2 is 1.86 bits per heavy atom. The van der Waals surface area contributed by atoms with Crippen LogP contribution in [-0.4, -0.2) is 25.4 Å². The first kappa shape index (κ1) is 24.0. The third-order valence-corrected chi connectivity index (χ3v) is 5.23. The summed E-state index contributed by atoms with van der Waals surface area (Å²) in [6.45, 7) is 3.14. The topological polar surface area (TPSA) is 112 Å². The van der Waals surface area contributed by atoms with Gasteiger partial charge in [-0.2, -0.15) is 18.3 Å². The first-order valence-corrected chi connectivity index (χ1v) is 10.3. The lowest BCUT2D eigenvalue weighted by molar-refractivity contribution is -0.384. The molecule has 9 nitrogen and oxygen atoms in total. The summed E-state index contributed by atoms with van der Waals surface area (Å²) >= 11 is 6.00. The lowest BCUT2D eigenvalue weighted by atomic mass is 10.2. The fraction of sp³-hybridized carbons (Fsp3) is 0.136. The molecule has 0 bridgehead atoms. The van der Waals surface area contributed by atoms with Crippen molar-refractivity contribution in [2.24, 2.45) is 0 Å². The Morgan fingerprint density at radius 3 is 2.51 bits per heavy atom. The number of carbonyl (C=O) groups is 1. The molecule has 13 heteroatoms. The molecule has 0 aliphatic carbocycles. The van der Waals surface area contributed by atoms with Gasteiger partial charge in [0.05, 0.1) is 16.7 Å². The van der Waals surface area contributed by atoms with E-state index in [-0.39, 0.29) is 34.2 Å². The molecule has 0 fully saturated rings. The van der Waals surface area contributed by atoms with E-state index in [1.807, 2.05) is 0 Å². The number of aromatic nitrogens is 3. The molecule has 0 aliphatic heterocycles. The number of nitro groups is 1. The summed E-state index contributed by atoms with van der Waals surface area (Å²) in [5.41, 5.74) is -1.23. The van der Waals surface area contributed by atoms with Gasteiger partial charge in [0.1, 0.15) is 17.2 Å². The van der Waals surface area contributed by atoms with Crippen molar-refractivity contribution in [1.82, 2.24) is 14.6 Å². The number of alkyl halides is 3. The SMILES string of the molecule is Cc1cc(C(F)(F)F)n2nc(C(=O)Nc3cc(Oc4ccc(Cl)c(C)c4)cc([N+](=O)[O-])c3)cc2n1. The van der Waals surface area contributed by atoms with Gasteiger partial charge in [0.25, 0.3) is 11.6 Å². The summed E-state index contributed by atoms with van der Waals surface area (Å²) in [7, 11) is 0. The molecule has 180 valence electrons. The Labute approximate surface area is 200 Å². The number of carbonyl (C=O) groups excluding carboxylic acids is 1. The zero-order valence-corrected chi connectivity index (χ0v) is 18.8. The summed E-state index contributed by atoms with van der Waals surface area (Å²) in [5.74, 6) is -0.496. The Morgan fingerprint density at radius 1 is 1.11 bits per heavy atom. The van der Waals surface area contributed by atoms with E-state index in [9.17, 15) is 28.1 Å². The van der Waals surface area contributed by atoms with Crippen LogP contribution >= 0.6 is 11.6 Å². The van der Waals surface area contributed by atoms with Crippen molar-refractivity contribution in [2.75, 3.05) is 5.32 Å². The fourth-order valence-electron chi connectivity index (χ4n) is 3.24. The van der Waals surface area contributed by atoms with Crippen LogP contribution in [0.2, 0.25) is 5.02 Å². The van der Waals surface area contributed by atoms with Gasteiger partial charge in [0.15, 0.2) is 11.3 Å². The molecule has 0 atom stereocenters. The summed E-state index contributed by atoms with van der Waals surface area (Å²) in [4.78, 5) is 27.4. The minimum Gasteiger partial charge on any atom is -0.457 e. The van der Waals surface area contributed by atoms with E-state index >= 15 is 0 Å². The highest BCUT2D eigenvalue weighted by atomic mass is 35.5. The van der Waals surface area contributed by atoms with Crippen LogP contribution in [0, 0.1) is 24.0 Å². The second kappa shape index (κ2) is 8.87. The molecule has 4 aromatic rings. The molecule has 0 aliphatic rings. The monoisotopic (exact) mass is 505 g/mol. The highest BCUT2D eigenvalue weighted by Crippen LogP contribution is 2.32. The van der Waals surface area contributed by atoms with E-state index in [4.69, 9.17) is 16.3 Å². The predicted octanol–water partition coefficient (Wildman–Crippen LogP) is 5.97. The first-order chi connectivity index (χ1) is 16.4. The van der Waals surface area contributed by atoms with Crippen LogP contribution in [0.3, 0.4) is 0 Å². The molecule has 2 aromatic heterocycles.